The first-order chi connectivity index (χ1) is 5.34. The maximum atomic E-state index is 5.10. The van der Waals surface area contributed by atoms with Gasteiger partial charge in [-0.25, -0.2) is 0 Å². The van der Waals surface area contributed by atoms with Crippen molar-refractivity contribution in [2.24, 2.45) is 0 Å². The predicted molar refractivity (Wildman–Crippen MR) is 49.4 cm³/mol. The number of methoxy groups -OCH3 is 1. The third-order valence-electron chi connectivity index (χ3n) is 1.60. The van der Waals surface area contributed by atoms with E-state index in [1.54, 1.807) is 7.11 Å². The van der Waals surface area contributed by atoms with Crippen LogP contribution in [0.3, 0.4) is 0 Å². The molecule has 1 rings (SSSR count). The highest BCUT2D eigenvalue weighted by Gasteiger charge is 2.01. The van der Waals surface area contributed by atoms with Gasteiger partial charge in [-0.2, -0.15) is 0 Å². The number of ether oxygens (including phenoxy) is 1. The van der Waals surface area contributed by atoms with E-state index in [-0.39, 0.29) is 0 Å². The summed E-state index contributed by atoms with van der Waals surface area (Å²) in [5.74, 6) is 1.04. The van der Waals surface area contributed by atoms with E-state index in [0.29, 0.717) is 0 Å². The summed E-state index contributed by atoms with van der Waals surface area (Å²) in [6, 6.07) is 0. The Bertz CT molecular complexity index is 154. The summed E-state index contributed by atoms with van der Waals surface area (Å²) in [6.07, 6.45) is 6.50. The smallest absolute Gasteiger partial charge is 0.117 e. The van der Waals surface area contributed by atoms with Gasteiger partial charge in [-0.05, 0) is 31.4 Å². The van der Waals surface area contributed by atoms with Gasteiger partial charge in [0.2, 0.25) is 0 Å². The second kappa shape index (κ2) is 6.02. The Hall–Kier alpha value is -0.720. The van der Waals surface area contributed by atoms with Crippen LogP contribution in [0.5, 0.6) is 0 Å². The minimum atomic E-state index is 1.04. The highest BCUT2D eigenvalue weighted by atomic mass is 16.5. The fourth-order valence-corrected chi connectivity index (χ4v) is 0.998. The van der Waals surface area contributed by atoms with Gasteiger partial charge in [0.1, 0.15) is 5.76 Å². The van der Waals surface area contributed by atoms with Crippen molar-refractivity contribution >= 4 is 0 Å². The van der Waals surface area contributed by atoms with Crippen LogP contribution in [0.2, 0.25) is 0 Å². The van der Waals surface area contributed by atoms with Crippen LogP contribution < -0.4 is 0 Å². The van der Waals surface area contributed by atoms with Gasteiger partial charge >= 0.3 is 0 Å². The van der Waals surface area contributed by atoms with E-state index in [9.17, 15) is 0 Å². The molecule has 64 valence electrons. The third kappa shape index (κ3) is 3.26. The lowest BCUT2D eigenvalue weighted by Crippen LogP contribution is -1.92. The van der Waals surface area contributed by atoms with Crippen LogP contribution in [-0.2, 0) is 4.74 Å². The molecule has 1 aliphatic rings. The molecule has 0 atom stereocenters. The summed E-state index contributed by atoms with van der Waals surface area (Å²) in [5, 5.41) is 0. The molecule has 0 aromatic heterocycles. The zero-order valence-electron chi connectivity index (χ0n) is 7.98. The van der Waals surface area contributed by atoms with Gasteiger partial charge in [-0.15, -0.1) is 0 Å². The fraction of sp³-hybridized carbons (Fsp3) is 0.600. The molecule has 0 saturated carbocycles. The van der Waals surface area contributed by atoms with Crippen molar-refractivity contribution in [3.63, 3.8) is 0 Å². The van der Waals surface area contributed by atoms with Crippen molar-refractivity contribution in [1.82, 2.24) is 0 Å². The second-order valence-corrected chi connectivity index (χ2v) is 2.29. The summed E-state index contributed by atoms with van der Waals surface area (Å²) >= 11 is 0. The maximum absolute atomic E-state index is 5.10. The van der Waals surface area contributed by atoms with Crippen LogP contribution in [0.15, 0.2) is 23.5 Å². The first-order valence-corrected chi connectivity index (χ1v) is 4.25. The van der Waals surface area contributed by atoms with E-state index >= 15 is 0 Å². The van der Waals surface area contributed by atoms with Gasteiger partial charge in [-0.3, -0.25) is 0 Å². The SMILES string of the molecule is CC.COC1=C(C)CCC=C1. The molecule has 1 aliphatic carbocycles. The Morgan fingerprint density at radius 3 is 2.36 bits per heavy atom. The predicted octanol–water partition coefficient (Wildman–Crippen LogP) is 3.28. The quantitative estimate of drug-likeness (QED) is 0.563. The molecule has 11 heavy (non-hydrogen) atoms. The van der Waals surface area contributed by atoms with E-state index in [2.05, 4.69) is 13.0 Å². The first kappa shape index (κ1) is 10.3. The fourth-order valence-electron chi connectivity index (χ4n) is 0.998. The highest BCUT2D eigenvalue weighted by molar-refractivity contribution is 5.22. The summed E-state index contributed by atoms with van der Waals surface area (Å²) in [5.41, 5.74) is 1.36. The van der Waals surface area contributed by atoms with Gasteiger partial charge in [0.25, 0.3) is 0 Å². The molecule has 0 heterocycles. The topological polar surface area (TPSA) is 9.23 Å². The second-order valence-electron chi connectivity index (χ2n) is 2.29. The molecular formula is C10H18O. The maximum Gasteiger partial charge on any atom is 0.117 e. The molecule has 0 aliphatic heterocycles. The monoisotopic (exact) mass is 154 g/mol. The normalized spacial score (nSPS) is 15.6. The Labute approximate surface area is 69.8 Å². The van der Waals surface area contributed by atoms with E-state index in [1.165, 1.54) is 12.0 Å². The number of hydrogen-bond donors (Lipinski definition) is 0. The Morgan fingerprint density at radius 2 is 2.00 bits per heavy atom. The van der Waals surface area contributed by atoms with Crippen molar-refractivity contribution in [3.05, 3.63) is 23.5 Å². The molecule has 0 bridgehead atoms. The zero-order chi connectivity index (χ0) is 8.69. The lowest BCUT2D eigenvalue weighted by atomic mass is 10.1. The average Bonchev–Trinajstić information content (AvgIpc) is 2.09. The molecule has 1 nitrogen and oxygen atoms in total. The molecule has 0 spiro atoms. The summed E-state index contributed by atoms with van der Waals surface area (Å²) in [7, 11) is 1.72. The van der Waals surface area contributed by atoms with Gasteiger partial charge in [0, 0.05) is 0 Å². The number of hydrogen-bond acceptors (Lipinski definition) is 1. The standard InChI is InChI=1S/C8H12O.C2H6/c1-7-5-3-4-6-8(7)9-2;1-2/h4,6H,3,5H2,1-2H3;1-2H3. The lowest BCUT2D eigenvalue weighted by molar-refractivity contribution is 0.299. The number of allylic oxidation sites excluding steroid dienone is 3. The van der Waals surface area contributed by atoms with Crippen molar-refractivity contribution < 1.29 is 4.74 Å². The summed E-state index contributed by atoms with van der Waals surface area (Å²) in [6.45, 7) is 6.11. The molecule has 0 unspecified atom stereocenters. The van der Waals surface area contributed by atoms with Crippen LogP contribution in [0, 0.1) is 0 Å². The molecule has 0 N–H and O–H groups in total. The number of rotatable bonds is 1. The minimum Gasteiger partial charge on any atom is -0.497 e. The van der Waals surface area contributed by atoms with E-state index in [1.807, 2.05) is 19.9 Å². The largest absolute Gasteiger partial charge is 0.497 e. The van der Waals surface area contributed by atoms with Crippen LogP contribution >= 0.6 is 0 Å². The Kier molecular flexibility index (Phi) is 5.63. The van der Waals surface area contributed by atoms with Crippen molar-refractivity contribution in [1.29, 1.82) is 0 Å². The lowest BCUT2D eigenvalue weighted by Gasteiger charge is -2.09. The molecule has 0 amide bonds. The Balaban J connectivity index is 0.000000461. The van der Waals surface area contributed by atoms with Crippen molar-refractivity contribution in [2.75, 3.05) is 7.11 Å². The van der Waals surface area contributed by atoms with Crippen molar-refractivity contribution in [2.45, 2.75) is 33.6 Å². The van der Waals surface area contributed by atoms with E-state index in [0.717, 1.165) is 12.2 Å². The average molecular weight is 154 g/mol. The molecule has 0 aromatic rings. The van der Waals surface area contributed by atoms with Crippen LogP contribution in [-0.4, -0.2) is 7.11 Å². The van der Waals surface area contributed by atoms with Crippen LogP contribution in [0.1, 0.15) is 33.6 Å². The summed E-state index contributed by atoms with van der Waals surface area (Å²) < 4.78 is 5.10. The van der Waals surface area contributed by atoms with Gasteiger partial charge < -0.3 is 4.74 Å². The van der Waals surface area contributed by atoms with Crippen molar-refractivity contribution in [3.8, 4) is 0 Å². The van der Waals surface area contributed by atoms with Gasteiger partial charge in [0.05, 0.1) is 7.11 Å². The molecule has 0 saturated heterocycles. The highest BCUT2D eigenvalue weighted by Crippen LogP contribution is 2.17. The molecule has 0 fully saturated rings. The van der Waals surface area contributed by atoms with E-state index in [4.69, 9.17) is 4.74 Å². The molecule has 0 aromatic carbocycles. The van der Waals surface area contributed by atoms with Gasteiger partial charge in [-0.1, -0.05) is 19.9 Å². The van der Waals surface area contributed by atoms with E-state index < -0.39 is 0 Å². The Morgan fingerprint density at radius 1 is 1.36 bits per heavy atom. The zero-order valence-corrected chi connectivity index (χ0v) is 7.98. The van der Waals surface area contributed by atoms with Crippen LogP contribution in [0.4, 0.5) is 0 Å². The molecule has 1 heteroatoms. The van der Waals surface area contributed by atoms with Gasteiger partial charge in [0.15, 0.2) is 0 Å². The minimum absolute atomic E-state index is 1.04. The first-order valence-electron chi connectivity index (χ1n) is 4.25. The summed E-state index contributed by atoms with van der Waals surface area (Å²) in [4.78, 5) is 0. The molecular weight excluding hydrogens is 136 g/mol. The third-order valence-corrected chi connectivity index (χ3v) is 1.60. The molecule has 0 radical (unpaired) electrons. The van der Waals surface area contributed by atoms with Crippen LogP contribution in [0.25, 0.3) is 0 Å².